The summed E-state index contributed by atoms with van der Waals surface area (Å²) >= 11 is 3.41. The molecule has 0 atom stereocenters. The van der Waals surface area contributed by atoms with Crippen molar-refractivity contribution in [1.29, 1.82) is 0 Å². The molecule has 0 saturated carbocycles. The predicted molar refractivity (Wildman–Crippen MR) is 100 cm³/mol. The van der Waals surface area contributed by atoms with E-state index in [0.717, 1.165) is 28.2 Å². The Kier molecular flexibility index (Phi) is 5.97. The van der Waals surface area contributed by atoms with Crippen LogP contribution in [0.15, 0.2) is 40.9 Å². The number of hydrogen-bond acceptors (Lipinski definition) is 4. The quantitative estimate of drug-likeness (QED) is 0.551. The standard InChI is InChI=1S/C18H18BrFN2O4/c1-18(2,3)13-8-11(19)4-7-16(13)26-10-17(23)21-15-9-12(22(24)25)5-6-14(15)20/h4-9H,10H2,1-3H3,(H,21,23). The molecular formula is C18H18BrFN2O4. The average Bonchev–Trinajstić information content (AvgIpc) is 2.54. The number of nitrogens with zero attached hydrogens (tertiary/aromatic N) is 1. The van der Waals surface area contributed by atoms with Gasteiger partial charge in [-0.15, -0.1) is 0 Å². The number of nitro groups is 1. The summed E-state index contributed by atoms with van der Waals surface area (Å²) in [5.74, 6) is -0.842. The first kappa shape index (κ1) is 19.8. The Morgan fingerprint density at radius 3 is 2.58 bits per heavy atom. The minimum Gasteiger partial charge on any atom is -0.483 e. The van der Waals surface area contributed by atoms with Crippen LogP contribution in [0.4, 0.5) is 15.8 Å². The zero-order valence-corrected chi connectivity index (χ0v) is 16.1. The van der Waals surface area contributed by atoms with E-state index in [4.69, 9.17) is 4.74 Å². The van der Waals surface area contributed by atoms with Crippen LogP contribution in [0.1, 0.15) is 26.3 Å². The molecule has 138 valence electrons. The van der Waals surface area contributed by atoms with E-state index in [2.05, 4.69) is 21.2 Å². The highest BCUT2D eigenvalue weighted by Crippen LogP contribution is 2.33. The van der Waals surface area contributed by atoms with Crippen LogP contribution in [-0.4, -0.2) is 17.4 Å². The molecule has 0 spiro atoms. The highest BCUT2D eigenvalue weighted by atomic mass is 79.9. The molecule has 8 heteroatoms. The summed E-state index contributed by atoms with van der Waals surface area (Å²) in [5, 5.41) is 13.1. The number of benzene rings is 2. The number of nitro benzene ring substituents is 1. The number of ether oxygens (including phenoxy) is 1. The second-order valence-electron chi connectivity index (χ2n) is 6.65. The van der Waals surface area contributed by atoms with E-state index in [1.165, 1.54) is 0 Å². The van der Waals surface area contributed by atoms with Crippen LogP contribution in [0.25, 0.3) is 0 Å². The highest BCUT2D eigenvalue weighted by molar-refractivity contribution is 9.10. The van der Waals surface area contributed by atoms with Gasteiger partial charge in [0.15, 0.2) is 6.61 Å². The van der Waals surface area contributed by atoms with Crippen molar-refractivity contribution in [3.63, 3.8) is 0 Å². The van der Waals surface area contributed by atoms with E-state index >= 15 is 0 Å². The Balaban J connectivity index is 2.11. The van der Waals surface area contributed by atoms with Crippen molar-refractivity contribution in [2.24, 2.45) is 0 Å². The Morgan fingerprint density at radius 2 is 1.96 bits per heavy atom. The number of hydrogen-bond donors (Lipinski definition) is 1. The van der Waals surface area contributed by atoms with Crippen LogP contribution in [0.2, 0.25) is 0 Å². The van der Waals surface area contributed by atoms with Gasteiger partial charge in [0.1, 0.15) is 11.6 Å². The summed E-state index contributed by atoms with van der Waals surface area (Å²) in [5.41, 5.74) is 0.119. The molecule has 6 nitrogen and oxygen atoms in total. The molecule has 0 unspecified atom stereocenters. The Bertz CT molecular complexity index is 850. The third kappa shape index (κ3) is 5.01. The van der Waals surface area contributed by atoms with E-state index < -0.39 is 16.6 Å². The van der Waals surface area contributed by atoms with Gasteiger partial charge in [0.25, 0.3) is 11.6 Å². The molecule has 0 aliphatic heterocycles. The van der Waals surface area contributed by atoms with Gasteiger partial charge < -0.3 is 10.1 Å². The van der Waals surface area contributed by atoms with E-state index in [1.54, 1.807) is 12.1 Å². The molecule has 0 radical (unpaired) electrons. The first-order chi connectivity index (χ1) is 12.1. The lowest BCUT2D eigenvalue weighted by molar-refractivity contribution is -0.384. The molecule has 2 rings (SSSR count). The summed E-state index contributed by atoms with van der Waals surface area (Å²) in [6.07, 6.45) is 0. The normalized spacial score (nSPS) is 11.1. The minimum absolute atomic E-state index is 0.207. The van der Waals surface area contributed by atoms with Crippen molar-refractivity contribution in [2.45, 2.75) is 26.2 Å². The third-order valence-corrected chi connectivity index (χ3v) is 4.04. The van der Waals surface area contributed by atoms with Crippen LogP contribution in [0.3, 0.4) is 0 Å². The summed E-state index contributed by atoms with van der Waals surface area (Å²) in [6, 6.07) is 8.37. The average molecular weight is 425 g/mol. The molecule has 1 N–H and O–H groups in total. The largest absolute Gasteiger partial charge is 0.483 e. The lowest BCUT2D eigenvalue weighted by atomic mass is 9.86. The van der Waals surface area contributed by atoms with Gasteiger partial charge in [-0.2, -0.15) is 0 Å². The molecule has 0 aliphatic rings. The molecule has 2 aromatic carbocycles. The first-order valence-corrected chi connectivity index (χ1v) is 8.54. The molecule has 0 aromatic heterocycles. The fraction of sp³-hybridized carbons (Fsp3) is 0.278. The number of carbonyl (C=O) groups is 1. The number of carbonyl (C=O) groups excluding carboxylic acids is 1. The Labute approximate surface area is 158 Å². The fourth-order valence-electron chi connectivity index (χ4n) is 2.27. The van der Waals surface area contributed by atoms with Gasteiger partial charge in [0.05, 0.1) is 10.6 Å². The van der Waals surface area contributed by atoms with Gasteiger partial charge in [0.2, 0.25) is 0 Å². The SMILES string of the molecule is CC(C)(C)c1cc(Br)ccc1OCC(=O)Nc1cc([N+](=O)[O-])ccc1F. The molecule has 1 amide bonds. The van der Waals surface area contributed by atoms with Crippen molar-refractivity contribution in [3.8, 4) is 5.75 Å². The third-order valence-electron chi connectivity index (χ3n) is 3.54. The van der Waals surface area contributed by atoms with E-state index in [9.17, 15) is 19.3 Å². The van der Waals surface area contributed by atoms with E-state index in [-0.39, 0.29) is 23.4 Å². The number of amides is 1. The van der Waals surface area contributed by atoms with Crippen molar-refractivity contribution < 1.29 is 18.8 Å². The number of rotatable bonds is 5. The van der Waals surface area contributed by atoms with Crippen molar-refractivity contribution in [2.75, 3.05) is 11.9 Å². The molecule has 0 fully saturated rings. The fourth-order valence-corrected chi connectivity index (χ4v) is 2.63. The summed E-state index contributed by atoms with van der Waals surface area (Å²) in [4.78, 5) is 22.2. The van der Waals surface area contributed by atoms with Crippen molar-refractivity contribution in [1.82, 2.24) is 0 Å². The Hall–Kier alpha value is -2.48. The molecule has 2 aromatic rings. The van der Waals surface area contributed by atoms with Gasteiger partial charge in [-0.05, 0) is 29.7 Å². The van der Waals surface area contributed by atoms with Crippen LogP contribution in [-0.2, 0) is 10.2 Å². The van der Waals surface area contributed by atoms with Gasteiger partial charge >= 0.3 is 0 Å². The second kappa shape index (κ2) is 7.82. The highest BCUT2D eigenvalue weighted by Gasteiger charge is 2.20. The lowest BCUT2D eigenvalue weighted by Gasteiger charge is -2.23. The zero-order chi connectivity index (χ0) is 19.5. The zero-order valence-electron chi connectivity index (χ0n) is 14.5. The van der Waals surface area contributed by atoms with Crippen molar-refractivity contribution in [3.05, 3.63) is 62.4 Å². The first-order valence-electron chi connectivity index (χ1n) is 7.74. The van der Waals surface area contributed by atoms with Crippen LogP contribution in [0.5, 0.6) is 5.75 Å². The molecule has 0 bridgehead atoms. The maximum absolute atomic E-state index is 13.7. The Morgan fingerprint density at radius 1 is 1.27 bits per heavy atom. The number of halogens is 2. The van der Waals surface area contributed by atoms with Crippen LogP contribution >= 0.6 is 15.9 Å². The van der Waals surface area contributed by atoms with Gasteiger partial charge in [-0.3, -0.25) is 14.9 Å². The van der Waals surface area contributed by atoms with Crippen LogP contribution < -0.4 is 10.1 Å². The molecule has 0 saturated heterocycles. The summed E-state index contributed by atoms with van der Waals surface area (Å²) < 4.78 is 20.2. The topological polar surface area (TPSA) is 81.5 Å². The van der Waals surface area contributed by atoms with Crippen molar-refractivity contribution >= 4 is 33.2 Å². The molecular weight excluding hydrogens is 407 g/mol. The number of non-ortho nitro benzene ring substituents is 1. The monoisotopic (exact) mass is 424 g/mol. The number of nitrogens with one attached hydrogen (secondary N) is 1. The van der Waals surface area contributed by atoms with E-state index in [0.29, 0.717) is 5.75 Å². The van der Waals surface area contributed by atoms with Gasteiger partial charge in [-0.25, -0.2) is 4.39 Å². The molecule has 0 heterocycles. The predicted octanol–water partition coefficient (Wildman–Crippen LogP) is 4.81. The van der Waals surface area contributed by atoms with E-state index in [1.807, 2.05) is 26.8 Å². The van der Waals surface area contributed by atoms with Crippen LogP contribution in [0, 0.1) is 15.9 Å². The minimum atomic E-state index is -0.761. The lowest BCUT2D eigenvalue weighted by Crippen LogP contribution is -2.22. The van der Waals surface area contributed by atoms with Gasteiger partial charge in [0, 0.05) is 22.2 Å². The maximum Gasteiger partial charge on any atom is 0.271 e. The molecule has 0 aliphatic carbocycles. The maximum atomic E-state index is 13.7. The second-order valence-corrected chi connectivity index (χ2v) is 7.56. The molecule has 26 heavy (non-hydrogen) atoms. The number of anilines is 1. The summed E-state index contributed by atoms with van der Waals surface area (Å²) in [7, 11) is 0. The summed E-state index contributed by atoms with van der Waals surface area (Å²) in [6.45, 7) is 5.69. The van der Waals surface area contributed by atoms with Gasteiger partial charge in [-0.1, -0.05) is 36.7 Å². The smallest absolute Gasteiger partial charge is 0.271 e.